The van der Waals surface area contributed by atoms with Crippen LogP contribution in [0.5, 0.6) is 0 Å². The summed E-state index contributed by atoms with van der Waals surface area (Å²) in [6.45, 7) is 9.27. The van der Waals surface area contributed by atoms with Crippen molar-refractivity contribution in [3.8, 4) is 0 Å². The van der Waals surface area contributed by atoms with Crippen molar-refractivity contribution in [3.63, 3.8) is 0 Å². The van der Waals surface area contributed by atoms with Gasteiger partial charge in [-0.3, -0.25) is 9.59 Å². The topological polar surface area (TPSA) is 74.3 Å². The smallest absolute Gasteiger partial charge is 0.305 e. The number of esters is 1. The number of quaternary nitrogens is 1. The maximum atomic E-state index is 12.4. The second kappa shape index (κ2) is 10.00. The molecule has 0 rings (SSSR count). The number of hydrogen-bond donors (Lipinski definition) is 1. The van der Waals surface area contributed by atoms with E-state index in [-0.39, 0.29) is 30.2 Å². The molecule has 0 fully saturated rings. The van der Waals surface area contributed by atoms with Crippen LogP contribution in [0.1, 0.15) is 47.0 Å². The third kappa shape index (κ3) is 5.67. The molecule has 0 aliphatic carbocycles. The maximum Gasteiger partial charge on any atom is 0.305 e. The quantitative estimate of drug-likeness (QED) is 0.519. The lowest BCUT2D eigenvalue weighted by Crippen LogP contribution is -3.00. The average molecular weight is 309 g/mol. The maximum absolute atomic E-state index is 12.4. The number of hydrogen-bond acceptors (Lipinski definition) is 3. The normalized spacial score (nSPS) is 14.7. The van der Waals surface area contributed by atoms with Gasteiger partial charge in [0.25, 0.3) is 0 Å². The Morgan fingerprint density at radius 3 is 2.10 bits per heavy atom. The number of ether oxygens (including phenoxy) is 1. The molecule has 0 heterocycles. The van der Waals surface area contributed by atoms with Gasteiger partial charge in [-0.15, -0.1) is 0 Å². The van der Waals surface area contributed by atoms with Gasteiger partial charge in [-0.25, -0.2) is 0 Å². The van der Waals surface area contributed by atoms with Crippen LogP contribution in [0.3, 0.4) is 0 Å². The van der Waals surface area contributed by atoms with Crippen LogP contribution in [0, 0.1) is 5.92 Å². The molecular formula is C14H29ClN2O3. The molecule has 0 aromatic rings. The Balaban J connectivity index is 0. The van der Waals surface area contributed by atoms with Gasteiger partial charge in [-0.05, 0) is 20.8 Å². The molecule has 6 heteroatoms. The van der Waals surface area contributed by atoms with Gasteiger partial charge in [0.05, 0.1) is 19.4 Å². The Morgan fingerprint density at radius 2 is 1.75 bits per heavy atom. The summed E-state index contributed by atoms with van der Waals surface area (Å²) >= 11 is 0. The van der Waals surface area contributed by atoms with Gasteiger partial charge in [0.15, 0.2) is 0 Å². The highest BCUT2D eigenvalue weighted by molar-refractivity contribution is 5.79. The third-order valence-corrected chi connectivity index (χ3v) is 4.12. The van der Waals surface area contributed by atoms with E-state index in [1.165, 1.54) is 7.11 Å². The third-order valence-electron chi connectivity index (χ3n) is 4.12. The zero-order chi connectivity index (χ0) is 15.1. The minimum absolute atomic E-state index is 0. The van der Waals surface area contributed by atoms with Gasteiger partial charge in [0.1, 0.15) is 5.54 Å². The first kappa shape index (κ1) is 21.5. The molecular weight excluding hydrogens is 280 g/mol. The SMILES string of the molecule is CCN(CC)C(=O)[C@H](C)[C@@]([NH3+])(CC)CCC(=O)OC.[Cl-]. The molecule has 0 spiro atoms. The van der Waals surface area contributed by atoms with E-state index in [2.05, 4.69) is 10.5 Å². The molecule has 2 atom stereocenters. The van der Waals surface area contributed by atoms with Crippen LogP contribution in [-0.2, 0) is 14.3 Å². The Hall–Kier alpha value is -0.810. The number of carbonyl (C=O) groups excluding carboxylic acids is 2. The number of halogens is 1. The summed E-state index contributed by atoms with van der Waals surface area (Å²) in [5, 5.41) is 0. The molecule has 0 unspecified atom stereocenters. The molecule has 120 valence electrons. The molecule has 5 nitrogen and oxygen atoms in total. The van der Waals surface area contributed by atoms with Crippen molar-refractivity contribution in [2.75, 3.05) is 20.2 Å². The van der Waals surface area contributed by atoms with Gasteiger partial charge in [0, 0.05) is 25.9 Å². The Morgan fingerprint density at radius 1 is 1.25 bits per heavy atom. The van der Waals surface area contributed by atoms with E-state index in [1.807, 2.05) is 32.6 Å². The van der Waals surface area contributed by atoms with Gasteiger partial charge in [-0.2, -0.15) is 0 Å². The summed E-state index contributed by atoms with van der Waals surface area (Å²) in [6, 6.07) is 0. The van der Waals surface area contributed by atoms with Crippen molar-refractivity contribution in [1.29, 1.82) is 0 Å². The summed E-state index contributed by atoms with van der Waals surface area (Å²) < 4.78 is 4.66. The first-order valence-corrected chi connectivity index (χ1v) is 7.07. The minimum atomic E-state index is -0.409. The summed E-state index contributed by atoms with van der Waals surface area (Å²) in [4.78, 5) is 25.5. The number of carbonyl (C=O) groups is 2. The minimum Gasteiger partial charge on any atom is -1.00 e. The van der Waals surface area contributed by atoms with Crippen LogP contribution in [-0.4, -0.2) is 42.5 Å². The van der Waals surface area contributed by atoms with E-state index in [0.29, 0.717) is 25.9 Å². The summed E-state index contributed by atoms with van der Waals surface area (Å²) in [5.74, 6) is -0.322. The summed E-state index contributed by atoms with van der Waals surface area (Å²) in [6.07, 6.45) is 1.65. The van der Waals surface area contributed by atoms with Crippen molar-refractivity contribution >= 4 is 11.9 Å². The fourth-order valence-corrected chi connectivity index (χ4v) is 2.22. The molecule has 0 saturated carbocycles. The first-order chi connectivity index (χ1) is 8.86. The average Bonchev–Trinajstić information content (AvgIpc) is 2.44. The van der Waals surface area contributed by atoms with E-state index in [9.17, 15) is 9.59 Å². The highest BCUT2D eigenvalue weighted by Crippen LogP contribution is 2.24. The number of nitrogens with zero attached hydrogens (tertiary/aromatic N) is 1. The number of methoxy groups -OCH3 is 1. The highest BCUT2D eigenvalue weighted by atomic mass is 35.5. The predicted octanol–water partition coefficient (Wildman–Crippen LogP) is -2.16. The summed E-state index contributed by atoms with van der Waals surface area (Å²) in [5.41, 5.74) is 3.80. The van der Waals surface area contributed by atoms with Crippen molar-refractivity contribution in [3.05, 3.63) is 0 Å². The second-order valence-corrected chi connectivity index (χ2v) is 5.02. The zero-order valence-corrected chi connectivity index (χ0v) is 14.1. The van der Waals surface area contributed by atoms with E-state index in [1.54, 1.807) is 0 Å². The molecule has 0 saturated heterocycles. The summed E-state index contributed by atoms with van der Waals surface area (Å²) in [7, 11) is 1.38. The van der Waals surface area contributed by atoms with Crippen LogP contribution < -0.4 is 18.1 Å². The Kier molecular flexibility index (Phi) is 10.7. The van der Waals surface area contributed by atoms with E-state index in [0.717, 1.165) is 6.42 Å². The number of rotatable bonds is 8. The molecule has 20 heavy (non-hydrogen) atoms. The number of amides is 1. The molecule has 0 aromatic carbocycles. The van der Waals surface area contributed by atoms with Crippen LogP contribution in [0.15, 0.2) is 0 Å². The molecule has 0 aromatic heterocycles. The van der Waals surface area contributed by atoms with E-state index >= 15 is 0 Å². The van der Waals surface area contributed by atoms with Crippen molar-refractivity contribution < 1.29 is 32.5 Å². The van der Waals surface area contributed by atoms with Gasteiger partial charge < -0.3 is 27.8 Å². The zero-order valence-electron chi connectivity index (χ0n) is 13.4. The fraction of sp³-hybridized carbons (Fsp3) is 0.857. The van der Waals surface area contributed by atoms with Crippen molar-refractivity contribution in [2.24, 2.45) is 5.92 Å². The van der Waals surface area contributed by atoms with E-state index in [4.69, 9.17) is 0 Å². The Bertz CT molecular complexity index is 309. The fourth-order valence-electron chi connectivity index (χ4n) is 2.22. The standard InChI is InChI=1S/C14H28N2O3.ClH/c1-6-14(15,10-9-12(17)19-5)11(4)13(18)16(7-2)8-3;/h11H,6-10,15H2,1-5H3;1H/t11-,14+;/m0./s1. The van der Waals surface area contributed by atoms with Gasteiger partial charge >= 0.3 is 5.97 Å². The lowest BCUT2D eigenvalue weighted by atomic mass is 9.79. The largest absolute Gasteiger partial charge is 1.00 e. The van der Waals surface area contributed by atoms with Crippen molar-refractivity contribution in [2.45, 2.75) is 52.5 Å². The molecule has 0 aliphatic rings. The van der Waals surface area contributed by atoms with Gasteiger partial charge in [0.2, 0.25) is 5.91 Å². The Labute approximate surface area is 128 Å². The van der Waals surface area contributed by atoms with Crippen molar-refractivity contribution in [1.82, 2.24) is 4.90 Å². The van der Waals surface area contributed by atoms with E-state index < -0.39 is 5.54 Å². The highest BCUT2D eigenvalue weighted by Gasteiger charge is 2.40. The second-order valence-electron chi connectivity index (χ2n) is 5.02. The molecule has 0 aliphatic heterocycles. The lowest BCUT2D eigenvalue weighted by molar-refractivity contribution is -0.490. The lowest BCUT2D eigenvalue weighted by Gasteiger charge is -2.33. The predicted molar refractivity (Wildman–Crippen MR) is 74.3 cm³/mol. The molecule has 0 bridgehead atoms. The van der Waals surface area contributed by atoms with Crippen LogP contribution in [0.4, 0.5) is 0 Å². The van der Waals surface area contributed by atoms with Gasteiger partial charge in [-0.1, -0.05) is 6.92 Å². The van der Waals surface area contributed by atoms with Crippen LogP contribution >= 0.6 is 0 Å². The first-order valence-electron chi connectivity index (χ1n) is 7.07. The molecule has 0 radical (unpaired) electrons. The van der Waals surface area contributed by atoms with Crippen LogP contribution in [0.25, 0.3) is 0 Å². The van der Waals surface area contributed by atoms with Crippen LogP contribution in [0.2, 0.25) is 0 Å². The molecule has 1 amide bonds. The molecule has 3 N–H and O–H groups in total. The monoisotopic (exact) mass is 308 g/mol.